The first-order valence-electron chi connectivity index (χ1n) is 4.27. The smallest absolute Gasteiger partial charge is 0.319 e. The van der Waals surface area contributed by atoms with Gasteiger partial charge in [-0.25, -0.2) is 0 Å². The fourth-order valence-corrected chi connectivity index (χ4v) is 1.69. The van der Waals surface area contributed by atoms with Crippen molar-refractivity contribution < 1.29 is 18.0 Å². The normalized spacial score (nSPS) is 22.8. The molecule has 0 aromatic rings. The molecule has 2 N–H and O–H groups in total. The van der Waals surface area contributed by atoms with Crippen LogP contribution in [0.5, 0.6) is 0 Å². The van der Waals surface area contributed by atoms with Gasteiger partial charge in [-0.3, -0.25) is 4.79 Å². The van der Waals surface area contributed by atoms with Gasteiger partial charge < -0.3 is 5.73 Å². The highest BCUT2D eigenvalue weighted by atomic mass is 19.4. The molecule has 0 spiro atoms. The Morgan fingerprint density at radius 3 is 2.00 bits per heavy atom. The molecule has 0 amide bonds. The van der Waals surface area contributed by atoms with E-state index in [0.29, 0.717) is 12.8 Å². The third-order valence-corrected chi connectivity index (χ3v) is 2.46. The number of Topliss-reactive ketones (excluding diaryl/α,β-unsaturated/α-hetero) is 1. The minimum atomic E-state index is -4.79. The van der Waals surface area contributed by atoms with Crippen LogP contribution in [0.25, 0.3) is 0 Å². The second-order valence-electron chi connectivity index (χ2n) is 3.54. The second kappa shape index (κ2) is 3.29. The summed E-state index contributed by atoms with van der Waals surface area (Å²) >= 11 is 0. The standard InChI is InChI=1S/C8H12F3NO/c9-8(10,11)6(13)7(12)4-2-1-3-5-7/h1-5,12H2. The number of alkyl halides is 3. The van der Waals surface area contributed by atoms with Gasteiger partial charge in [-0.05, 0) is 12.8 Å². The molecule has 0 aliphatic heterocycles. The fraction of sp³-hybridized carbons (Fsp3) is 0.875. The lowest BCUT2D eigenvalue weighted by molar-refractivity contribution is -0.178. The van der Waals surface area contributed by atoms with Crippen LogP contribution in [0.2, 0.25) is 0 Å². The molecular weight excluding hydrogens is 183 g/mol. The van der Waals surface area contributed by atoms with Crippen molar-refractivity contribution in [3.8, 4) is 0 Å². The number of ketones is 1. The van der Waals surface area contributed by atoms with E-state index in [2.05, 4.69) is 0 Å². The summed E-state index contributed by atoms with van der Waals surface area (Å²) in [6.07, 6.45) is -2.39. The van der Waals surface area contributed by atoms with Gasteiger partial charge in [0.05, 0.1) is 5.54 Å². The predicted molar refractivity (Wildman–Crippen MR) is 41.1 cm³/mol. The number of carbonyl (C=O) groups excluding carboxylic acids is 1. The average molecular weight is 195 g/mol. The maximum atomic E-state index is 12.0. The zero-order valence-electron chi connectivity index (χ0n) is 7.16. The van der Waals surface area contributed by atoms with Crippen molar-refractivity contribution in [3.63, 3.8) is 0 Å². The molecular formula is C8H12F3NO. The molecule has 0 aromatic heterocycles. The maximum absolute atomic E-state index is 12.0. The Morgan fingerprint density at radius 1 is 1.15 bits per heavy atom. The molecule has 0 heterocycles. The van der Waals surface area contributed by atoms with E-state index < -0.39 is 17.5 Å². The number of hydrogen-bond donors (Lipinski definition) is 1. The highest BCUT2D eigenvalue weighted by molar-refractivity contribution is 5.92. The van der Waals surface area contributed by atoms with Crippen LogP contribution >= 0.6 is 0 Å². The first-order valence-corrected chi connectivity index (χ1v) is 4.27. The zero-order valence-corrected chi connectivity index (χ0v) is 7.16. The summed E-state index contributed by atoms with van der Waals surface area (Å²) in [6, 6.07) is 0. The van der Waals surface area contributed by atoms with Crippen LogP contribution in [0.3, 0.4) is 0 Å². The quantitative estimate of drug-likeness (QED) is 0.693. The van der Waals surface area contributed by atoms with E-state index >= 15 is 0 Å². The molecule has 0 radical (unpaired) electrons. The Kier molecular flexibility index (Phi) is 2.66. The van der Waals surface area contributed by atoms with Gasteiger partial charge in [0.15, 0.2) is 0 Å². The van der Waals surface area contributed by atoms with Crippen molar-refractivity contribution in [1.82, 2.24) is 0 Å². The van der Waals surface area contributed by atoms with Gasteiger partial charge >= 0.3 is 6.18 Å². The first kappa shape index (κ1) is 10.5. The van der Waals surface area contributed by atoms with Crippen molar-refractivity contribution in [2.75, 3.05) is 0 Å². The van der Waals surface area contributed by atoms with E-state index in [1.54, 1.807) is 0 Å². The van der Waals surface area contributed by atoms with E-state index in [9.17, 15) is 18.0 Å². The van der Waals surface area contributed by atoms with Gasteiger partial charge in [0.1, 0.15) is 0 Å². The van der Waals surface area contributed by atoms with Crippen molar-refractivity contribution in [1.29, 1.82) is 0 Å². The Bertz CT molecular complexity index is 206. The highest BCUT2D eigenvalue weighted by Crippen LogP contribution is 2.32. The summed E-state index contributed by atoms with van der Waals surface area (Å²) in [5.74, 6) is -1.76. The first-order chi connectivity index (χ1) is 5.86. The lowest BCUT2D eigenvalue weighted by Gasteiger charge is -2.32. The van der Waals surface area contributed by atoms with Crippen LogP contribution in [0.15, 0.2) is 0 Å². The third kappa shape index (κ3) is 2.21. The summed E-state index contributed by atoms with van der Waals surface area (Å²) in [4.78, 5) is 10.9. The Hall–Kier alpha value is -0.580. The second-order valence-corrected chi connectivity index (χ2v) is 3.54. The van der Waals surface area contributed by atoms with E-state index in [-0.39, 0.29) is 12.8 Å². The van der Waals surface area contributed by atoms with Crippen molar-refractivity contribution >= 4 is 5.78 Å². The molecule has 76 valence electrons. The SMILES string of the molecule is NC1(C(=O)C(F)(F)F)CCCCC1. The average Bonchev–Trinajstić information content (AvgIpc) is 2.03. The van der Waals surface area contributed by atoms with Crippen molar-refractivity contribution in [3.05, 3.63) is 0 Å². The number of rotatable bonds is 1. The summed E-state index contributed by atoms with van der Waals surface area (Å²) < 4.78 is 36.1. The van der Waals surface area contributed by atoms with Gasteiger partial charge in [-0.1, -0.05) is 19.3 Å². The Morgan fingerprint density at radius 2 is 1.62 bits per heavy atom. The van der Waals surface area contributed by atoms with Crippen LogP contribution in [-0.4, -0.2) is 17.5 Å². The molecule has 13 heavy (non-hydrogen) atoms. The number of hydrogen-bond acceptors (Lipinski definition) is 2. The molecule has 5 heteroatoms. The largest absolute Gasteiger partial charge is 0.451 e. The van der Waals surface area contributed by atoms with Crippen LogP contribution < -0.4 is 5.73 Å². The van der Waals surface area contributed by atoms with E-state index in [1.165, 1.54) is 0 Å². The maximum Gasteiger partial charge on any atom is 0.451 e. The van der Waals surface area contributed by atoms with Crippen molar-refractivity contribution in [2.45, 2.75) is 43.8 Å². The summed E-state index contributed by atoms with van der Waals surface area (Å²) in [5, 5.41) is 0. The van der Waals surface area contributed by atoms with E-state index in [0.717, 1.165) is 6.42 Å². The minimum absolute atomic E-state index is 0.158. The lowest BCUT2D eigenvalue weighted by atomic mass is 9.79. The van der Waals surface area contributed by atoms with Gasteiger partial charge in [-0.2, -0.15) is 13.2 Å². The summed E-state index contributed by atoms with van der Waals surface area (Å²) in [6.45, 7) is 0. The zero-order chi connectivity index (χ0) is 10.1. The number of halogens is 3. The topological polar surface area (TPSA) is 43.1 Å². The molecule has 1 rings (SSSR count). The van der Waals surface area contributed by atoms with Gasteiger partial charge in [0.2, 0.25) is 0 Å². The molecule has 0 unspecified atom stereocenters. The van der Waals surface area contributed by atoms with Gasteiger partial charge in [-0.15, -0.1) is 0 Å². The molecule has 0 aromatic carbocycles. The third-order valence-electron chi connectivity index (χ3n) is 2.46. The molecule has 2 nitrogen and oxygen atoms in total. The molecule has 1 saturated carbocycles. The fourth-order valence-electron chi connectivity index (χ4n) is 1.69. The lowest BCUT2D eigenvalue weighted by Crippen LogP contribution is -2.54. The molecule has 0 atom stereocenters. The highest BCUT2D eigenvalue weighted by Gasteiger charge is 2.50. The van der Waals surface area contributed by atoms with Crippen LogP contribution in [0.1, 0.15) is 32.1 Å². The molecule has 1 aliphatic rings. The monoisotopic (exact) mass is 195 g/mol. The number of carbonyl (C=O) groups is 1. The molecule has 1 aliphatic carbocycles. The van der Waals surface area contributed by atoms with E-state index in [4.69, 9.17) is 5.73 Å². The van der Waals surface area contributed by atoms with Crippen LogP contribution in [-0.2, 0) is 4.79 Å². The Labute approximate surface area is 74.3 Å². The molecule has 1 fully saturated rings. The predicted octanol–water partition coefficient (Wildman–Crippen LogP) is 1.78. The van der Waals surface area contributed by atoms with Gasteiger partial charge in [0, 0.05) is 0 Å². The van der Waals surface area contributed by atoms with Crippen LogP contribution in [0.4, 0.5) is 13.2 Å². The summed E-state index contributed by atoms with van der Waals surface area (Å²) in [5.41, 5.74) is 3.78. The minimum Gasteiger partial charge on any atom is -0.319 e. The summed E-state index contributed by atoms with van der Waals surface area (Å²) in [7, 11) is 0. The van der Waals surface area contributed by atoms with E-state index in [1.807, 2.05) is 0 Å². The molecule has 0 bridgehead atoms. The number of nitrogens with two attached hydrogens (primary N) is 1. The van der Waals surface area contributed by atoms with Crippen molar-refractivity contribution in [2.24, 2.45) is 5.73 Å². The molecule has 0 saturated heterocycles. The van der Waals surface area contributed by atoms with Gasteiger partial charge in [0.25, 0.3) is 5.78 Å². The Balaban J connectivity index is 2.73. The van der Waals surface area contributed by atoms with Crippen LogP contribution in [0, 0.1) is 0 Å².